The third-order valence-corrected chi connectivity index (χ3v) is 1.00. The number of rotatable bonds is 1. The van der Waals surface area contributed by atoms with Gasteiger partial charge in [-0.05, 0) is 6.92 Å². The van der Waals surface area contributed by atoms with Crippen LogP contribution in [0, 0.1) is 6.92 Å². The fourth-order valence-electron chi connectivity index (χ4n) is 0.522. The summed E-state index contributed by atoms with van der Waals surface area (Å²) in [4.78, 5) is 14.4. The van der Waals surface area contributed by atoms with Crippen molar-refractivity contribution in [2.45, 2.75) is 20.8 Å². The normalized spacial score (nSPS) is 8.69. The largest absolute Gasteiger partial charge is 0.335 e. The number of carbonyl (C=O) groups is 1. The zero-order valence-corrected chi connectivity index (χ0v) is 8.11. The summed E-state index contributed by atoms with van der Waals surface area (Å²) in [7, 11) is 1.18. The molecule has 13 heavy (non-hydrogen) atoms. The van der Waals surface area contributed by atoms with Gasteiger partial charge in [-0.2, -0.15) is 4.98 Å². The minimum Gasteiger partial charge on any atom is -0.328 e. The molecule has 0 fully saturated rings. The molecule has 6 nitrogen and oxygen atoms in total. The topological polar surface area (TPSA) is 79.5 Å². The zero-order valence-electron chi connectivity index (χ0n) is 8.11. The maximum absolute atomic E-state index is 10.8. The molecule has 1 heterocycles. The summed E-state index contributed by atoms with van der Waals surface area (Å²) in [5.41, 5.74) is 0. The average molecular weight is 187 g/mol. The van der Waals surface area contributed by atoms with Gasteiger partial charge < -0.3 is 4.52 Å². The monoisotopic (exact) mass is 187 g/mol. The van der Waals surface area contributed by atoms with Crippen molar-refractivity contribution in [2.75, 3.05) is 7.05 Å². The van der Waals surface area contributed by atoms with Crippen molar-refractivity contribution in [3.8, 4) is 0 Å². The summed E-state index contributed by atoms with van der Waals surface area (Å²) in [6, 6.07) is 0. The second-order valence-electron chi connectivity index (χ2n) is 1.98. The Bertz CT molecular complexity index is 270. The first-order chi connectivity index (χ1) is 6.11. The predicted octanol–water partition coefficient (Wildman–Crippen LogP) is 0.865. The molecule has 0 aliphatic carbocycles. The lowest BCUT2D eigenvalue weighted by atomic mass is 10.6. The third-order valence-electron chi connectivity index (χ3n) is 1.00. The molecule has 0 bridgehead atoms. The summed E-state index contributed by atoms with van der Waals surface area (Å²) in [5.74, 6) is -0.576. The van der Waals surface area contributed by atoms with E-state index in [9.17, 15) is 4.79 Å². The van der Waals surface area contributed by atoms with Gasteiger partial charge in [-0.3, -0.25) is 10.0 Å². The molecule has 0 aliphatic heterocycles. The summed E-state index contributed by atoms with van der Waals surface area (Å²) < 4.78 is 4.48. The van der Waals surface area contributed by atoms with Crippen molar-refractivity contribution in [2.24, 2.45) is 0 Å². The summed E-state index contributed by atoms with van der Waals surface area (Å²) in [6.07, 6.45) is 0. The molecule has 0 aliphatic rings. The molecule has 0 aromatic carbocycles. The number of carbonyl (C=O) groups excluding carboxylic acids is 1. The van der Waals surface area contributed by atoms with Gasteiger partial charge in [0.05, 0.1) is 0 Å². The van der Waals surface area contributed by atoms with E-state index in [0.717, 1.165) is 0 Å². The van der Waals surface area contributed by atoms with Crippen LogP contribution >= 0.6 is 0 Å². The van der Waals surface area contributed by atoms with Gasteiger partial charge in [0.1, 0.15) is 0 Å². The number of nitrogens with zero attached hydrogens (tertiary/aromatic N) is 3. The van der Waals surface area contributed by atoms with Gasteiger partial charge in [0.2, 0.25) is 0 Å². The van der Waals surface area contributed by atoms with Crippen LogP contribution in [0.4, 0.5) is 0 Å². The number of hydroxylamine groups is 2. The van der Waals surface area contributed by atoms with E-state index in [-0.39, 0.29) is 5.89 Å². The number of aryl methyl sites for hydroxylation is 1. The maximum atomic E-state index is 10.8. The average Bonchev–Trinajstić information content (AvgIpc) is 2.54. The zero-order chi connectivity index (χ0) is 10.4. The summed E-state index contributed by atoms with van der Waals surface area (Å²) in [6.45, 7) is 5.58. The molecule has 1 aromatic heterocycles. The molecule has 1 aromatic rings. The molecular weight excluding hydrogens is 174 g/mol. The lowest BCUT2D eigenvalue weighted by Gasteiger charge is -2.01. The Kier molecular flexibility index (Phi) is 4.68. The van der Waals surface area contributed by atoms with Crippen LogP contribution in [0.2, 0.25) is 0 Å². The molecule has 0 unspecified atom stereocenters. The smallest absolute Gasteiger partial charge is 0.328 e. The van der Waals surface area contributed by atoms with Crippen LogP contribution in [0.15, 0.2) is 4.52 Å². The van der Waals surface area contributed by atoms with Crippen molar-refractivity contribution in [1.29, 1.82) is 0 Å². The van der Waals surface area contributed by atoms with E-state index in [1.165, 1.54) is 7.05 Å². The minimum atomic E-state index is -0.717. The lowest BCUT2D eigenvalue weighted by molar-refractivity contribution is -0.0407. The third kappa shape index (κ3) is 3.20. The molecular formula is C7H13N3O3. The first-order valence-electron chi connectivity index (χ1n) is 3.88. The molecule has 0 atom stereocenters. The van der Waals surface area contributed by atoms with Crippen molar-refractivity contribution in [3.63, 3.8) is 0 Å². The Morgan fingerprint density at radius 2 is 2.08 bits per heavy atom. The molecule has 0 radical (unpaired) electrons. The minimum absolute atomic E-state index is 0.215. The molecule has 74 valence electrons. The van der Waals surface area contributed by atoms with Crippen LogP contribution in [-0.4, -0.2) is 33.4 Å². The van der Waals surface area contributed by atoms with Crippen LogP contribution < -0.4 is 0 Å². The molecule has 0 spiro atoms. The van der Waals surface area contributed by atoms with Gasteiger partial charge in [0.25, 0.3) is 0 Å². The lowest BCUT2D eigenvalue weighted by Crippen LogP contribution is -2.22. The maximum Gasteiger partial charge on any atom is 0.335 e. The molecule has 0 saturated carbocycles. The number of aromatic nitrogens is 2. The van der Waals surface area contributed by atoms with Crippen molar-refractivity contribution in [1.82, 2.24) is 15.2 Å². The van der Waals surface area contributed by atoms with E-state index in [1.807, 2.05) is 13.8 Å². The van der Waals surface area contributed by atoms with Crippen LogP contribution in [0.1, 0.15) is 30.4 Å². The Balaban J connectivity index is 0.000000671. The molecule has 1 rings (SSSR count). The van der Waals surface area contributed by atoms with Crippen LogP contribution in [0.5, 0.6) is 0 Å². The van der Waals surface area contributed by atoms with Crippen molar-refractivity contribution >= 4 is 5.91 Å². The van der Waals surface area contributed by atoms with Crippen LogP contribution in [-0.2, 0) is 0 Å². The fourth-order valence-corrected chi connectivity index (χ4v) is 0.522. The first-order valence-corrected chi connectivity index (χ1v) is 3.88. The highest BCUT2D eigenvalue weighted by Crippen LogP contribution is 1.97. The highest BCUT2D eigenvalue weighted by molar-refractivity contribution is 5.88. The number of hydrogen-bond acceptors (Lipinski definition) is 5. The Morgan fingerprint density at radius 1 is 1.54 bits per heavy atom. The van der Waals surface area contributed by atoms with E-state index in [4.69, 9.17) is 5.21 Å². The van der Waals surface area contributed by atoms with Gasteiger partial charge in [0, 0.05) is 7.05 Å². The molecule has 6 heteroatoms. The predicted molar refractivity (Wildman–Crippen MR) is 44.3 cm³/mol. The van der Waals surface area contributed by atoms with Crippen LogP contribution in [0.3, 0.4) is 0 Å². The van der Waals surface area contributed by atoms with E-state index in [0.29, 0.717) is 10.9 Å². The SMILES string of the molecule is CC.Cc1noc(C(=O)N(C)O)n1. The highest BCUT2D eigenvalue weighted by atomic mass is 16.5. The Labute approximate surface area is 76.1 Å². The van der Waals surface area contributed by atoms with Gasteiger partial charge in [-0.25, -0.2) is 5.06 Å². The second-order valence-corrected chi connectivity index (χ2v) is 1.98. The number of hydrogen-bond donors (Lipinski definition) is 1. The van der Waals surface area contributed by atoms with E-state index in [1.54, 1.807) is 6.92 Å². The summed E-state index contributed by atoms with van der Waals surface area (Å²) >= 11 is 0. The number of amides is 1. The van der Waals surface area contributed by atoms with Gasteiger partial charge in [-0.15, -0.1) is 0 Å². The van der Waals surface area contributed by atoms with Gasteiger partial charge in [0.15, 0.2) is 5.82 Å². The van der Waals surface area contributed by atoms with E-state index >= 15 is 0 Å². The van der Waals surface area contributed by atoms with Crippen LogP contribution in [0.25, 0.3) is 0 Å². The fraction of sp³-hybridized carbons (Fsp3) is 0.571. The second kappa shape index (κ2) is 5.26. The van der Waals surface area contributed by atoms with Gasteiger partial charge >= 0.3 is 11.8 Å². The quantitative estimate of drug-likeness (QED) is 0.521. The summed E-state index contributed by atoms with van der Waals surface area (Å²) in [5, 5.41) is 12.4. The standard InChI is InChI=1S/C5H7N3O3.C2H6/c1-3-6-4(11-7-3)5(9)8(2)10;1-2/h10H,1-2H3;1-2H3. The highest BCUT2D eigenvalue weighted by Gasteiger charge is 2.16. The molecule has 0 saturated heterocycles. The van der Waals surface area contributed by atoms with E-state index < -0.39 is 5.91 Å². The first kappa shape index (κ1) is 11.6. The molecule has 1 amide bonds. The van der Waals surface area contributed by atoms with Gasteiger partial charge in [-0.1, -0.05) is 19.0 Å². The van der Waals surface area contributed by atoms with Crippen molar-refractivity contribution < 1.29 is 14.5 Å². The van der Waals surface area contributed by atoms with E-state index in [2.05, 4.69) is 14.7 Å². The Hall–Kier alpha value is -1.43. The van der Waals surface area contributed by atoms with Crippen molar-refractivity contribution in [3.05, 3.63) is 11.7 Å². The molecule has 1 N–H and O–H groups in total. The Morgan fingerprint density at radius 3 is 2.38 bits per heavy atom.